The number of anilines is 1. The summed E-state index contributed by atoms with van der Waals surface area (Å²) in [5.41, 5.74) is 4.32. The molecule has 0 aliphatic carbocycles. The minimum atomic E-state index is 0.104. The molecule has 1 aromatic heterocycles. The molecule has 1 aliphatic heterocycles. The molecule has 0 N–H and O–H groups in total. The van der Waals surface area contributed by atoms with E-state index < -0.39 is 0 Å². The van der Waals surface area contributed by atoms with Gasteiger partial charge in [-0.1, -0.05) is 35.9 Å². The third-order valence-electron chi connectivity index (χ3n) is 4.70. The van der Waals surface area contributed by atoms with Crippen LogP contribution < -0.4 is 4.90 Å². The van der Waals surface area contributed by atoms with Crippen LogP contribution in [-0.4, -0.2) is 22.6 Å². The zero-order valence-electron chi connectivity index (χ0n) is 14.8. The lowest BCUT2D eigenvalue weighted by molar-refractivity contribution is -0.118. The summed E-state index contributed by atoms with van der Waals surface area (Å²) in [5.74, 6) is 1.10. The molecular formula is C21H21N3O2. The lowest BCUT2D eigenvalue weighted by atomic mass is 10.0. The maximum Gasteiger partial charge on any atom is 0.247 e. The van der Waals surface area contributed by atoms with Crippen molar-refractivity contribution in [3.8, 4) is 11.5 Å². The Hall–Kier alpha value is -2.95. The normalized spacial score (nSPS) is 13.5. The SMILES string of the molecule is Cc1cccc(-c2nnc(CCC(=O)N3CCCc4ccccc43)o2)c1. The first-order valence-corrected chi connectivity index (χ1v) is 8.98. The average molecular weight is 347 g/mol. The van der Waals surface area contributed by atoms with Crippen molar-refractivity contribution in [2.45, 2.75) is 32.6 Å². The number of para-hydroxylation sites is 1. The molecule has 132 valence electrons. The van der Waals surface area contributed by atoms with E-state index in [1.54, 1.807) is 0 Å². The first kappa shape index (κ1) is 16.5. The molecule has 1 amide bonds. The van der Waals surface area contributed by atoms with Crippen molar-refractivity contribution < 1.29 is 9.21 Å². The molecule has 0 bridgehead atoms. The smallest absolute Gasteiger partial charge is 0.247 e. The van der Waals surface area contributed by atoms with E-state index >= 15 is 0 Å². The zero-order valence-corrected chi connectivity index (χ0v) is 14.8. The van der Waals surface area contributed by atoms with Crippen LogP contribution in [0.4, 0.5) is 5.69 Å². The van der Waals surface area contributed by atoms with Crippen molar-refractivity contribution in [3.63, 3.8) is 0 Å². The fraction of sp³-hybridized carbons (Fsp3) is 0.286. The van der Waals surface area contributed by atoms with Crippen LogP contribution in [0.1, 0.15) is 29.9 Å². The van der Waals surface area contributed by atoms with Crippen LogP contribution in [0.15, 0.2) is 52.9 Å². The van der Waals surface area contributed by atoms with Gasteiger partial charge in [-0.25, -0.2) is 0 Å². The minimum Gasteiger partial charge on any atom is -0.421 e. The average Bonchev–Trinajstić information content (AvgIpc) is 3.15. The van der Waals surface area contributed by atoms with Crippen LogP contribution in [0.3, 0.4) is 0 Å². The van der Waals surface area contributed by atoms with Crippen LogP contribution in [0.2, 0.25) is 0 Å². The third kappa shape index (κ3) is 3.38. The number of fused-ring (bicyclic) bond motifs is 1. The summed E-state index contributed by atoms with van der Waals surface area (Å²) in [6.07, 6.45) is 2.85. The molecule has 0 saturated heterocycles. The number of aromatic nitrogens is 2. The summed E-state index contributed by atoms with van der Waals surface area (Å²) < 4.78 is 5.74. The Morgan fingerprint density at radius 1 is 1.15 bits per heavy atom. The van der Waals surface area contributed by atoms with Gasteiger partial charge >= 0.3 is 0 Å². The highest BCUT2D eigenvalue weighted by Crippen LogP contribution is 2.27. The maximum atomic E-state index is 12.7. The molecule has 3 aromatic rings. The van der Waals surface area contributed by atoms with Crippen molar-refractivity contribution in [1.29, 1.82) is 0 Å². The van der Waals surface area contributed by atoms with E-state index in [4.69, 9.17) is 4.42 Å². The standard InChI is InChI=1S/C21H21N3O2/c1-15-6-4-8-17(14-15)21-23-22-19(26-21)11-12-20(25)24-13-5-9-16-7-2-3-10-18(16)24/h2-4,6-8,10,14H,5,9,11-13H2,1H3. The van der Waals surface area contributed by atoms with Gasteiger partial charge in [-0.3, -0.25) is 4.79 Å². The van der Waals surface area contributed by atoms with Gasteiger partial charge < -0.3 is 9.32 Å². The number of carbonyl (C=O) groups excluding carboxylic acids is 1. The number of benzene rings is 2. The number of hydrogen-bond donors (Lipinski definition) is 0. The first-order valence-electron chi connectivity index (χ1n) is 8.98. The fourth-order valence-electron chi connectivity index (χ4n) is 3.39. The number of aryl methyl sites for hydroxylation is 3. The van der Waals surface area contributed by atoms with Crippen molar-refractivity contribution in [3.05, 3.63) is 65.5 Å². The molecule has 4 rings (SSSR count). The van der Waals surface area contributed by atoms with E-state index in [1.165, 1.54) is 5.56 Å². The van der Waals surface area contributed by atoms with E-state index in [9.17, 15) is 4.79 Å². The van der Waals surface area contributed by atoms with Gasteiger partial charge in [-0.15, -0.1) is 10.2 Å². The first-order chi connectivity index (χ1) is 12.7. The van der Waals surface area contributed by atoms with Gasteiger partial charge in [0, 0.05) is 30.6 Å². The predicted octanol–water partition coefficient (Wildman–Crippen LogP) is 3.96. The van der Waals surface area contributed by atoms with Crippen molar-refractivity contribution in [2.24, 2.45) is 0 Å². The number of nitrogens with zero attached hydrogens (tertiary/aromatic N) is 3. The van der Waals surface area contributed by atoms with Crippen LogP contribution >= 0.6 is 0 Å². The number of rotatable bonds is 4. The molecule has 5 heteroatoms. The molecule has 1 aliphatic rings. The van der Waals surface area contributed by atoms with Gasteiger partial charge in [0.25, 0.3) is 0 Å². The van der Waals surface area contributed by atoms with E-state index in [0.29, 0.717) is 24.6 Å². The summed E-state index contributed by atoms with van der Waals surface area (Å²) in [5, 5.41) is 8.21. The molecule has 5 nitrogen and oxygen atoms in total. The summed E-state index contributed by atoms with van der Waals surface area (Å²) in [7, 11) is 0. The largest absolute Gasteiger partial charge is 0.421 e. The van der Waals surface area contributed by atoms with Gasteiger partial charge in [-0.05, 0) is 43.5 Å². The van der Waals surface area contributed by atoms with Gasteiger partial charge in [0.15, 0.2) is 0 Å². The quantitative estimate of drug-likeness (QED) is 0.717. The maximum absolute atomic E-state index is 12.7. The topological polar surface area (TPSA) is 59.2 Å². The molecular weight excluding hydrogens is 326 g/mol. The van der Waals surface area contributed by atoms with Gasteiger partial charge in [-0.2, -0.15) is 0 Å². The van der Waals surface area contributed by atoms with Crippen LogP contribution in [0.25, 0.3) is 11.5 Å². The lowest BCUT2D eigenvalue weighted by Gasteiger charge is -2.29. The second-order valence-electron chi connectivity index (χ2n) is 6.65. The van der Waals surface area contributed by atoms with Crippen LogP contribution in [0.5, 0.6) is 0 Å². The molecule has 2 heterocycles. The van der Waals surface area contributed by atoms with Crippen LogP contribution in [-0.2, 0) is 17.6 Å². The molecule has 0 atom stereocenters. The highest BCUT2D eigenvalue weighted by atomic mass is 16.4. The highest BCUT2D eigenvalue weighted by Gasteiger charge is 2.22. The Kier molecular flexibility index (Phi) is 4.52. The van der Waals surface area contributed by atoms with E-state index in [1.807, 2.05) is 54.3 Å². The second-order valence-corrected chi connectivity index (χ2v) is 6.65. The number of hydrogen-bond acceptors (Lipinski definition) is 4. The van der Waals surface area contributed by atoms with E-state index in [2.05, 4.69) is 16.3 Å². The Morgan fingerprint density at radius 2 is 2.04 bits per heavy atom. The molecule has 0 unspecified atom stereocenters. The van der Waals surface area contributed by atoms with Crippen molar-refractivity contribution in [1.82, 2.24) is 10.2 Å². The fourth-order valence-corrected chi connectivity index (χ4v) is 3.39. The molecule has 0 spiro atoms. The summed E-state index contributed by atoms with van der Waals surface area (Å²) in [4.78, 5) is 14.6. The third-order valence-corrected chi connectivity index (χ3v) is 4.70. The van der Waals surface area contributed by atoms with Crippen LogP contribution in [0, 0.1) is 6.92 Å². The lowest BCUT2D eigenvalue weighted by Crippen LogP contribution is -2.35. The molecule has 0 saturated carbocycles. The second kappa shape index (κ2) is 7.12. The minimum absolute atomic E-state index is 0.104. The van der Waals surface area contributed by atoms with Crippen molar-refractivity contribution >= 4 is 11.6 Å². The zero-order chi connectivity index (χ0) is 17.9. The Labute approximate surface area is 152 Å². The molecule has 2 aromatic carbocycles. The predicted molar refractivity (Wildman–Crippen MR) is 99.9 cm³/mol. The van der Waals surface area contributed by atoms with Gasteiger partial charge in [0.1, 0.15) is 0 Å². The molecule has 0 radical (unpaired) electrons. The number of carbonyl (C=O) groups is 1. The summed E-state index contributed by atoms with van der Waals surface area (Å²) >= 11 is 0. The summed E-state index contributed by atoms with van der Waals surface area (Å²) in [6, 6.07) is 16.1. The monoisotopic (exact) mass is 347 g/mol. The summed E-state index contributed by atoms with van der Waals surface area (Å²) in [6.45, 7) is 2.80. The highest BCUT2D eigenvalue weighted by molar-refractivity contribution is 5.94. The molecule has 0 fully saturated rings. The van der Waals surface area contributed by atoms with E-state index in [0.717, 1.165) is 36.2 Å². The Morgan fingerprint density at radius 3 is 2.92 bits per heavy atom. The van der Waals surface area contributed by atoms with E-state index in [-0.39, 0.29) is 5.91 Å². The van der Waals surface area contributed by atoms with Gasteiger partial charge in [0.2, 0.25) is 17.7 Å². The molecule has 26 heavy (non-hydrogen) atoms. The number of amides is 1. The van der Waals surface area contributed by atoms with Gasteiger partial charge in [0.05, 0.1) is 0 Å². The van der Waals surface area contributed by atoms with Crippen molar-refractivity contribution in [2.75, 3.05) is 11.4 Å². The Balaban J connectivity index is 1.43. The Bertz CT molecular complexity index is 932.